The number of hydrogen-bond donors (Lipinski definition) is 7. The number of hydrogen-bond acceptors (Lipinski definition) is 4. The summed E-state index contributed by atoms with van der Waals surface area (Å²) in [6.45, 7) is 0. The van der Waals surface area contributed by atoms with Crippen molar-refractivity contribution in [2.24, 2.45) is 0 Å². The Kier molecular flexibility index (Phi) is 16.5. The van der Waals surface area contributed by atoms with Gasteiger partial charge in [-0.25, -0.2) is 14.4 Å². The average Bonchev–Trinajstić information content (AvgIpc) is 2.15. The van der Waals surface area contributed by atoms with Crippen molar-refractivity contribution in [3.8, 4) is 5.75 Å². The van der Waals surface area contributed by atoms with Crippen LogP contribution in [0.15, 0.2) is 30.3 Å². The van der Waals surface area contributed by atoms with E-state index in [9.17, 15) is 0 Å². The van der Waals surface area contributed by atoms with E-state index in [1.807, 2.05) is 6.07 Å². The topological polar surface area (TPSA) is 193 Å². The van der Waals surface area contributed by atoms with Gasteiger partial charge in [0.1, 0.15) is 5.75 Å². The summed E-state index contributed by atoms with van der Waals surface area (Å²) in [5.41, 5.74) is 0. The second kappa shape index (κ2) is 14.8. The van der Waals surface area contributed by atoms with Crippen LogP contribution in [0.5, 0.6) is 5.75 Å². The summed E-state index contributed by atoms with van der Waals surface area (Å²) in [6, 6.07) is 8.71. The number of benzene rings is 1. The van der Waals surface area contributed by atoms with Gasteiger partial charge in [0.25, 0.3) is 0 Å². The molecule has 1 aromatic carbocycles. The number of phenols is 1. The van der Waals surface area contributed by atoms with E-state index in [1.165, 1.54) is 0 Å². The molecule has 0 aliphatic heterocycles. The van der Waals surface area contributed by atoms with E-state index in [-0.39, 0.29) is 0 Å². The molecule has 0 spiro atoms. The average molecular weight is 280 g/mol. The molecule has 108 valence electrons. The summed E-state index contributed by atoms with van der Waals surface area (Å²) >= 11 is 0. The fourth-order valence-electron chi connectivity index (χ4n) is 0.428. The predicted molar refractivity (Wildman–Crippen MR) is 60.1 cm³/mol. The summed E-state index contributed by atoms with van der Waals surface area (Å²) in [5, 5.41) is 50.5. The Morgan fingerprint density at radius 1 is 0.632 bits per heavy atom. The van der Waals surface area contributed by atoms with E-state index in [4.69, 9.17) is 50.1 Å². The second-order valence-corrected chi connectivity index (χ2v) is 2.18. The number of aromatic hydroxyl groups is 1. The lowest BCUT2D eigenvalue weighted by atomic mass is 10.3. The fraction of sp³-hybridized carbons (Fsp3) is 0. The van der Waals surface area contributed by atoms with Crippen LogP contribution in [0.4, 0.5) is 14.4 Å². The zero-order valence-corrected chi connectivity index (χ0v) is 9.24. The van der Waals surface area contributed by atoms with Crippen molar-refractivity contribution in [3.05, 3.63) is 30.3 Å². The normalized spacial score (nSPS) is 6.95. The lowest BCUT2D eigenvalue weighted by molar-refractivity contribution is 0.135. The third-order valence-corrected chi connectivity index (χ3v) is 0.756. The molecule has 10 nitrogen and oxygen atoms in total. The minimum atomic E-state index is -1.83. The molecule has 0 radical (unpaired) electrons. The number of carbonyl (C=O) groups is 3. The predicted octanol–water partition coefficient (Wildman–Crippen LogP) is 2.06. The minimum Gasteiger partial charge on any atom is -0.508 e. The van der Waals surface area contributed by atoms with Crippen LogP contribution < -0.4 is 0 Å². The molecular weight excluding hydrogens is 268 g/mol. The van der Waals surface area contributed by atoms with Crippen LogP contribution in [0, 0.1) is 0 Å². The van der Waals surface area contributed by atoms with Gasteiger partial charge in [-0.2, -0.15) is 0 Å². The SMILES string of the molecule is O=C(O)O.O=C(O)O.O=C(O)O.Oc1ccccc1. The van der Waals surface area contributed by atoms with Crippen LogP contribution in [0.25, 0.3) is 0 Å². The van der Waals surface area contributed by atoms with E-state index < -0.39 is 18.5 Å². The maximum absolute atomic E-state index is 8.63. The molecular formula is C9H12O10. The molecule has 0 aliphatic carbocycles. The zero-order valence-electron chi connectivity index (χ0n) is 9.24. The van der Waals surface area contributed by atoms with Crippen molar-refractivity contribution < 1.29 is 50.1 Å². The van der Waals surface area contributed by atoms with Crippen LogP contribution in [0.1, 0.15) is 0 Å². The smallest absolute Gasteiger partial charge is 0.503 e. The molecule has 0 saturated heterocycles. The molecule has 0 heterocycles. The fourth-order valence-corrected chi connectivity index (χ4v) is 0.428. The molecule has 0 saturated carbocycles. The van der Waals surface area contributed by atoms with E-state index in [1.54, 1.807) is 24.3 Å². The molecule has 7 N–H and O–H groups in total. The highest BCUT2D eigenvalue weighted by atomic mass is 16.6. The van der Waals surface area contributed by atoms with Crippen molar-refractivity contribution in [1.29, 1.82) is 0 Å². The Morgan fingerprint density at radius 3 is 0.947 bits per heavy atom. The first-order valence-electron chi connectivity index (χ1n) is 4.09. The van der Waals surface area contributed by atoms with Gasteiger partial charge in [-0.1, -0.05) is 18.2 Å². The molecule has 1 rings (SSSR count). The van der Waals surface area contributed by atoms with Gasteiger partial charge in [0.2, 0.25) is 0 Å². The number of rotatable bonds is 0. The van der Waals surface area contributed by atoms with E-state index in [0.29, 0.717) is 5.75 Å². The van der Waals surface area contributed by atoms with Crippen molar-refractivity contribution in [1.82, 2.24) is 0 Å². The van der Waals surface area contributed by atoms with Gasteiger partial charge in [0.05, 0.1) is 0 Å². The lowest BCUT2D eigenvalue weighted by Crippen LogP contribution is -1.81. The van der Waals surface area contributed by atoms with E-state index >= 15 is 0 Å². The highest BCUT2D eigenvalue weighted by molar-refractivity contribution is 5.53. The van der Waals surface area contributed by atoms with Gasteiger partial charge in [0, 0.05) is 0 Å². The van der Waals surface area contributed by atoms with Crippen LogP contribution in [0.3, 0.4) is 0 Å². The highest BCUT2D eigenvalue weighted by Crippen LogP contribution is 2.02. The van der Waals surface area contributed by atoms with Crippen molar-refractivity contribution in [2.45, 2.75) is 0 Å². The zero-order chi connectivity index (χ0) is 15.8. The third-order valence-electron chi connectivity index (χ3n) is 0.756. The molecule has 0 amide bonds. The van der Waals surface area contributed by atoms with Gasteiger partial charge >= 0.3 is 18.5 Å². The second-order valence-electron chi connectivity index (χ2n) is 2.18. The Labute approximate surface area is 106 Å². The highest BCUT2D eigenvalue weighted by Gasteiger charge is 1.74. The first kappa shape index (κ1) is 21.1. The van der Waals surface area contributed by atoms with Gasteiger partial charge in [-0.05, 0) is 12.1 Å². The molecule has 1 aromatic rings. The Balaban J connectivity index is -0.000000189. The monoisotopic (exact) mass is 280 g/mol. The first-order valence-corrected chi connectivity index (χ1v) is 4.09. The van der Waals surface area contributed by atoms with Crippen LogP contribution >= 0.6 is 0 Å². The molecule has 0 fully saturated rings. The van der Waals surface area contributed by atoms with Gasteiger partial charge < -0.3 is 35.7 Å². The summed E-state index contributed by atoms with van der Waals surface area (Å²) in [6.07, 6.45) is -5.50. The van der Waals surface area contributed by atoms with Crippen LogP contribution in [0.2, 0.25) is 0 Å². The number of para-hydroxylation sites is 1. The summed E-state index contributed by atoms with van der Waals surface area (Å²) in [7, 11) is 0. The molecule has 0 atom stereocenters. The first-order chi connectivity index (χ1) is 8.59. The van der Waals surface area contributed by atoms with Crippen molar-refractivity contribution >= 4 is 18.5 Å². The molecule has 0 unspecified atom stereocenters. The Morgan fingerprint density at radius 2 is 0.842 bits per heavy atom. The van der Waals surface area contributed by atoms with Gasteiger partial charge in [-0.3, -0.25) is 0 Å². The van der Waals surface area contributed by atoms with Gasteiger partial charge in [-0.15, -0.1) is 0 Å². The molecule has 0 bridgehead atoms. The molecule has 19 heavy (non-hydrogen) atoms. The van der Waals surface area contributed by atoms with Crippen LogP contribution in [-0.2, 0) is 0 Å². The molecule has 0 aromatic heterocycles. The number of phenolic OH excluding ortho intramolecular Hbond substituents is 1. The van der Waals surface area contributed by atoms with E-state index in [0.717, 1.165) is 0 Å². The summed E-state index contributed by atoms with van der Waals surface area (Å²) < 4.78 is 0. The standard InChI is InChI=1S/C6H6O.3CH2O3/c7-6-4-2-1-3-5-6;3*2-1(3)4/h1-5,7H;3*(H2,2,3,4). The number of carboxylic acid groups (broad SMARTS) is 6. The molecule has 10 heteroatoms. The maximum atomic E-state index is 8.63. The Bertz CT molecular complexity index is 320. The largest absolute Gasteiger partial charge is 0.508 e. The maximum Gasteiger partial charge on any atom is 0.503 e. The third kappa shape index (κ3) is 105. The lowest BCUT2D eigenvalue weighted by Gasteiger charge is -1.82. The molecule has 0 aliphatic rings. The van der Waals surface area contributed by atoms with E-state index in [2.05, 4.69) is 0 Å². The van der Waals surface area contributed by atoms with Crippen molar-refractivity contribution in [3.63, 3.8) is 0 Å². The van der Waals surface area contributed by atoms with Crippen molar-refractivity contribution in [2.75, 3.05) is 0 Å². The quantitative estimate of drug-likeness (QED) is 0.369. The summed E-state index contributed by atoms with van der Waals surface area (Å²) in [5.74, 6) is 0.322. The Hall–Kier alpha value is -3.17. The van der Waals surface area contributed by atoms with Crippen LogP contribution in [-0.4, -0.2) is 54.2 Å². The van der Waals surface area contributed by atoms with Gasteiger partial charge in [0.15, 0.2) is 0 Å². The minimum absolute atomic E-state index is 0.322. The summed E-state index contributed by atoms with van der Waals surface area (Å²) in [4.78, 5) is 25.7.